The van der Waals surface area contributed by atoms with Crippen molar-refractivity contribution in [2.45, 2.75) is 19.8 Å². The number of hydrogen-bond donors (Lipinski definition) is 1. The van der Waals surface area contributed by atoms with Crippen molar-refractivity contribution in [2.24, 2.45) is 0 Å². The van der Waals surface area contributed by atoms with Gasteiger partial charge in [0.1, 0.15) is 15.7 Å². The van der Waals surface area contributed by atoms with E-state index in [1.807, 2.05) is 18.2 Å². The Labute approximate surface area is 129 Å². The second-order valence-corrected chi connectivity index (χ2v) is 6.41. The zero-order chi connectivity index (χ0) is 14.8. The van der Waals surface area contributed by atoms with Crippen LogP contribution in [0.2, 0.25) is 0 Å². The van der Waals surface area contributed by atoms with Gasteiger partial charge in [0, 0.05) is 11.1 Å². The Morgan fingerprint density at radius 2 is 1.57 bits per heavy atom. The second kappa shape index (κ2) is 5.70. The average Bonchev–Trinajstić information content (AvgIpc) is 2.90. The Kier molecular flexibility index (Phi) is 3.76. The maximum atomic E-state index is 6.16. The van der Waals surface area contributed by atoms with Gasteiger partial charge in [-0.25, -0.2) is 4.98 Å². The number of nitrogen functional groups attached to an aromatic ring is 1. The molecule has 0 radical (unpaired) electrons. The molecule has 0 bridgehead atoms. The fraction of sp³-hybridized carbons (Fsp3) is 0.167. The number of nitrogens with zero attached hydrogens (tertiary/aromatic N) is 1. The van der Waals surface area contributed by atoms with Gasteiger partial charge in [-0.1, -0.05) is 79.8 Å². The summed E-state index contributed by atoms with van der Waals surface area (Å²) in [5.41, 5.74) is 10.6. The molecule has 0 aliphatic heterocycles. The van der Waals surface area contributed by atoms with Crippen molar-refractivity contribution >= 4 is 16.3 Å². The highest BCUT2D eigenvalue weighted by atomic mass is 32.1. The third-order valence-corrected chi connectivity index (χ3v) is 4.46. The van der Waals surface area contributed by atoms with E-state index in [0.29, 0.717) is 5.92 Å². The lowest BCUT2D eigenvalue weighted by molar-refractivity contribution is 0.867. The highest BCUT2D eigenvalue weighted by Gasteiger charge is 2.12. The number of rotatable bonds is 3. The predicted octanol–water partition coefficient (Wildman–Crippen LogP) is 5.18. The Bertz CT molecular complexity index is 728. The summed E-state index contributed by atoms with van der Waals surface area (Å²) in [6, 6.07) is 18.7. The van der Waals surface area contributed by atoms with Crippen LogP contribution in [-0.2, 0) is 0 Å². The fourth-order valence-corrected chi connectivity index (χ4v) is 3.13. The van der Waals surface area contributed by atoms with E-state index in [-0.39, 0.29) is 0 Å². The molecule has 0 unspecified atom stereocenters. The van der Waals surface area contributed by atoms with E-state index in [2.05, 4.69) is 50.2 Å². The van der Waals surface area contributed by atoms with Crippen LogP contribution in [0.1, 0.15) is 25.3 Å². The summed E-state index contributed by atoms with van der Waals surface area (Å²) in [6.45, 7) is 4.39. The SMILES string of the molecule is CC(C)c1ccc(-c2nc(-c3ccccc3)sc2N)cc1. The first-order chi connectivity index (χ1) is 10.1. The zero-order valence-corrected chi connectivity index (χ0v) is 13.0. The van der Waals surface area contributed by atoms with Crippen molar-refractivity contribution in [3.63, 3.8) is 0 Å². The molecule has 3 aromatic rings. The van der Waals surface area contributed by atoms with Crippen molar-refractivity contribution in [3.8, 4) is 21.8 Å². The molecule has 1 aromatic heterocycles. The van der Waals surface area contributed by atoms with E-state index in [1.165, 1.54) is 16.9 Å². The van der Waals surface area contributed by atoms with Crippen LogP contribution in [0, 0.1) is 0 Å². The minimum Gasteiger partial charge on any atom is -0.389 e. The molecule has 0 aliphatic carbocycles. The van der Waals surface area contributed by atoms with E-state index in [0.717, 1.165) is 26.8 Å². The van der Waals surface area contributed by atoms with Crippen LogP contribution in [0.4, 0.5) is 5.00 Å². The number of thiazole rings is 1. The van der Waals surface area contributed by atoms with Gasteiger partial charge in [0.25, 0.3) is 0 Å². The third-order valence-electron chi connectivity index (χ3n) is 3.52. The van der Waals surface area contributed by atoms with Gasteiger partial charge in [0.15, 0.2) is 0 Å². The summed E-state index contributed by atoms with van der Waals surface area (Å²) in [7, 11) is 0. The Morgan fingerprint density at radius 3 is 2.19 bits per heavy atom. The summed E-state index contributed by atoms with van der Waals surface area (Å²) in [6.07, 6.45) is 0. The normalized spacial score (nSPS) is 11.0. The number of nitrogens with two attached hydrogens (primary N) is 1. The molecule has 21 heavy (non-hydrogen) atoms. The Morgan fingerprint density at radius 1 is 0.905 bits per heavy atom. The van der Waals surface area contributed by atoms with Gasteiger partial charge in [-0.2, -0.15) is 0 Å². The van der Waals surface area contributed by atoms with Crippen molar-refractivity contribution in [2.75, 3.05) is 5.73 Å². The third kappa shape index (κ3) is 2.83. The quantitative estimate of drug-likeness (QED) is 0.722. The van der Waals surface area contributed by atoms with Crippen LogP contribution in [-0.4, -0.2) is 4.98 Å². The van der Waals surface area contributed by atoms with E-state index in [4.69, 9.17) is 10.7 Å². The summed E-state index contributed by atoms with van der Waals surface area (Å²) >= 11 is 1.54. The molecule has 0 saturated carbocycles. The van der Waals surface area contributed by atoms with Crippen molar-refractivity contribution in [1.82, 2.24) is 4.98 Å². The number of anilines is 1. The molecule has 2 nitrogen and oxygen atoms in total. The number of benzene rings is 2. The molecular weight excluding hydrogens is 276 g/mol. The molecular formula is C18H18N2S. The zero-order valence-electron chi connectivity index (χ0n) is 12.2. The molecule has 3 heteroatoms. The molecule has 0 atom stereocenters. The van der Waals surface area contributed by atoms with Crippen molar-refractivity contribution in [1.29, 1.82) is 0 Å². The van der Waals surface area contributed by atoms with E-state index < -0.39 is 0 Å². The molecule has 0 amide bonds. The maximum absolute atomic E-state index is 6.16. The van der Waals surface area contributed by atoms with Gasteiger partial charge in [-0.15, -0.1) is 0 Å². The van der Waals surface area contributed by atoms with Crippen LogP contribution in [0.25, 0.3) is 21.8 Å². The molecule has 2 N–H and O–H groups in total. The summed E-state index contributed by atoms with van der Waals surface area (Å²) in [4.78, 5) is 4.72. The minimum absolute atomic E-state index is 0.534. The minimum atomic E-state index is 0.534. The van der Waals surface area contributed by atoms with Gasteiger partial charge in [-0.05, 0) is 11.5 Å². The summed E-state index contributed by atoms with van der Waals surface area (Å²) in [5.74, 6) is 0.534. The second-order valence-electron chi connectivity index (χ2n) is 5.37. The monoisotopic (exact) mass is 294 g/mol. The molecule has 0 spiro atoms. The lowest BCUT2D eigenvalue weighted by atomic mass is 10.0. The first kappa shape index (κ1) is 13.8. The molecule has 2 aromatic carbocycles. The summed E-state index contributed by atoms with van der Waals surface area (Å²) in [5, 5.41) is 1.74. The largest absolute Gasteiger partial charge is 0.389 e. The molecule has 0 saturated heterocycles. The number of aromatic nitrogens is 1. The van der Waals surface area contributed by atoms with Crippen LogP contribution in [0.3, 0.4) is 0 Å². The summed E-state index contributed by atoms with van der Waals surface area (Å²) < 4.78 is 0. The van der Waals surface area contributed by atoms with Gasteiger partial charge in [-0.3, -0.25) is 0 Å². The first-order valence-electron chi connectivity index (χ1n) is 7.07. The van der Waals surface area contributed by atoms with Crippen LogP contribution in [0.15, 0.2) is 54.6 Å². The topological polar surface area (TPSA) is 38.9 Å². The smallest absolute Gasteiger partial charge is 0.126 e. The van der Waals surface area contributed by atoms with Gasteiger partial charge in [0.2, 0.25) is 0 Å². The Hall–Kier alpha value is -2.13. The van der Waals surface area contributed by atoms with Crippen molar-refractivity contribution in [3.05, 3.63) is 60.2 Å². The van der Waals surface area contributed by atoms with Crippen LogP contribution < -0.4 is 5.73 Å². The molecule has 106 valence electrons. The lowest BCUT2D eigenvalue weighted by Gasteiger charge is -2.05. The average molecular weight is 294 g/mol. The van der Waals surface area contributed by atoms with E-state index in [9.17, 15) is 0 Å². The van der Waals surface area contributed by atoms with Crippen LogP contribution >= 0.6 is 11.3 Å². The molecule has 0 aliphatic rings. The van der Waals surface area contributed by atoms with E-state index in [1.54, 1.807) is 0 Å². The molecule has 0 fully saturated rings. The first-order valence-corrected chi connectivity index (χ1v) is 7.89. The van der Waals surface area contributed by atoms with Gasteiger partial charge >= 0.3 is 0 Å². The van der Waals surface area contributed by atoms with Crippen molar-refractivity contribution < 1.29 is 0 Å². The molecule has 1 heterocycles. The molecule has 3 rings (SSSR count). The van der Waals surface area contributed by atoms with E-state index >= 15 is 0 Å². The number of hydrogen-bond acceptors (Lipinski definition) is 3. The standard InChI is InChI=1S/C18H18N2S/c1-12(2)13-8-10-14(11-9-13)16-17(19)21-18(20-16)15-6-4-3-5-7-15/h3-12H,19H2,1-2H3. The maximum Gasteiger partial charge on any atom is 0.126 e. The fourth-order valence-electron chi connectivity index (χ4n) is 2.27. The lowest BCUT2D eigenvalue weighted by Crippen LogP contribution is -1.89. The predicted molar refractivity (Wildman–Crippen MR) is 91.5 cm³/mol. The van der Waals surface area contributed by atoms with Gasteiger partial charge < -0.3 is 5.73 Å². The highest BCUT2D eigenvalue weighted by molar-refractivity contribution is 7.19. The van der Waals surface area contributed by atoms with Crippen LogP contribution in [0.5, 0.6) is 0 Å². The highest BCUT2D eigenvalue weighted by Crippen LogP contribution is 2.36. The van der Waals surface area contributed by atoms with Gasteiger partial charge in [0.05, 0.1) is 0 Å². The Balaban J connectivity index is 1.98.